The highest BCUT2D eigenvalue weighted by atomic mass is 32.1. The molecule has 4 nitrogen and oxygen atoms in total. The molecule has 112 valence electrons. The second-order valence-electron chi connectivity index (χ2n) is 5.15. The van der Waals surface area contributed by atoms with Gasteiger partial charge >= 0.3 is 5.97 Å². The topological polar surface area (TPSA) is 53.4 Å². The van der Waals surface area contributed by atoms with Crippen LogP contribution in [0.1, 0.15) is 23.9 Å². The molecule has 0 saturated carbocycles. The van der Waals surface area contributed by atoms with Gasteiger partial charge in [-0.05, 0) is 30.7 Å². The van der Waals surface area contributed by atoms with Crippen molar-refractivity contribution in [3.05, 3.63) is 34.8 Å². The van der Waals surface area contributed by atoms with Crippen LogP contribution in [0.5, 0.6) is 0 Å². The third-order valence-electron chi connectivity index (χ3n) is 3.21. The first kappa shape index (κ1) is 15.5. The van der Waals surface area contributed by atoms with E-state index in [2.05, 4.69) is 11.9 Å². The molecule has 1 aromatic carbocycles. The van der Waals surface area contributed by atoms with Crippen molar-refractivity contribution in [2.24, 2.45) is 0 Å². The molecular weight excluding hydrogens is 284 g/mol. The first-order valence-electron chi connectivity index (χ1n) is 6.99. The highest BCUT2D eigenvalue weighted by Gasteiger charge is 2.14. The van der Waals surface area contributed by atoms with Crippen molar-refractivity contribution < 1.29 is 9.90 Å². The lowest BCUT2D eigenvalue weighted by Gasteiger charge is -2.11. The highest BCUT2D eigenvalue weighted by Crippen LogP contribution is 2.30. The van der Waals surface area contributed by atoms with Gasteiger partial charge in [0.05, 0.1) is 12.1 Å². The number of aryl methyl sites for hydroxylation is 1. The van der Waals surface area contributed by atoms with Gasteiger partial charge in [0.15, 0.2) is 0 Å². The molecule has 0 spiro atoms. The first-order chi connectivity index (χ1) is 10.0. The summed E-state index contributed by atoms with van der Waals surface area (Å²) in [7, 11) is 4.01. The van der Waals surface area contributed by atoms with Crippen LogP contribution in [0.15, 0.2) is 24.3 Å². The van der Waals surface area contributed by atoms with Crippen molar-refractivity contribution in [3.63, 3.8) is 0 Å². The number of thiazole rings is 1. The Morgan fingerprint density at radius 2 is 1.95 bits per heavy atom. The van der Waals surface area contributed by atoms with Gasteiger partial charge in [-0.25, -0.2) is 4.98 Å². The Morgan fingerprint density at radius 3 is 2.48 bits per heavy atom. The van der Waals surface area contributed by atoms with E-state index in [1.165, 1.54) is 11.3 Å². The summed E-state index contributed by atoms with van der Waals surface area (Å²) in [6.45, 7) is 2.08. The van der Waals surface area contributed by atoms with Crippen LogP contribution in [0.4, 0.5) is 5.69 Å². The maximum Gasteiger partial charge on any atom is 0.308 e. The lowest BCUT2D eigenvalue weighted by molar-refractivity contribution is -0.136. The fraction of sp³-hybridized carbons (Fsp3) is 0.375. The zero-order valence-electron chi connectivity index (χ0n) is 12.6. The second-order valence-corrected chi connectivity index (χ2v) is 6.23. The van der Waals surface area contributed by atoms with E-state index >= 15 is 0 Å². The Kier molecular flexibility index (Phi) is 4.96. The number of nitrogens with zero attached hydrogens (tertiary/aromatic N) is 2. The van der Waals surface area contributed by atoms with Gasteiger partial charge in [0, 0.05) is 30.2 Å². The van der Waals surface area contributed by atoms with Crippen molar-refractivity contribution >= 4 is 23.0 Å². The van der Waals surface area contributed by atoms with E-state index in [0.717, 1.165) is 39.7 Å². The van der Waals surface area contributed by atoms with Crippen molar-refractivity contribution in [1.29, 1.82) is 0 Å². The van der Waals surface area contributed by atoms with Crippen LogP contribution in [0.25, 0.3) is 10.6 Å². The molecule has 1 N–H and O–H groups in total. The van der Waals surface area contributed by atoms with E-state index in [1.54, 1.807) is 0 Å². The third kappa shape index (κ3) is 3.82. The average Bonchev–Trinajstić information content (AvgIpc) is 2.82. The van der Waals surface area contributed by atoms with Gasteiger partial charge in [-0.3, -0.25) is 4.79 Å². The molecule has 0 amide bonds. The van der Waals surface area contributed by atoms with Gasteiger partial charge in [-0.1, -0.05) is 13.3 Å². The van der Waals surface area contributed by atoms with Crippen molar-refractivity contribution in [2.75, 3.05) is 19.0 Å². The molecular formula is C16H20N2O2S. The molecule has 0 aliphatic carbocycles. The fourth-order valence-electron chi connectivity index (χ4n) is 2.12. The third-order valence-corrected chi connectivity index (χ3v) is 4.35. The predicted molar refractivity (Wildman–Crippen MR) is 87.2 cm³/mol. The number of benzene rings is 1. The summed E-state index contributed by atoms with van der Waals surface area (Å²) in [6, 6.07) is 8.17. The molecule has 1 heterocycles. The van der Waals surface area contributed by atoms with Gasteiger partial charge < -0.3 is 10.0 Å². The van der Waals surface area contributed by atoms with Crippen LogP contribution < -0.4 is 4.90 Å². The van der Waals surface area contributed by atoms with Crippen LogP contribution in [0.2, 0.25) is 0 Å². The zero-order valence-corrected chi connectivity index (χ0v) is 13.4. The lowest BCUT2D eigenvalue weighted by Crippen LogP contribution is -2.07. The maximum atomic E-state index is 11.0. The molecule has 5 heteroatoms. The largest absolute Gasteiger partial charge is 0.481 e. The van der Waals surface area contributed by atoms with Gasteiger partial charge in [-0.15, -0.1) is 11.3 Å². The summed E-state index contributed by atoms with van der Waals surface area (Å²) in [5.74, 6) is -0.800. The number of carbonyl (C=O) groups is 1. The van der Waals surface area contributed by atoms with Gasteiger partial charge in [0.2, 0.25) is 0 Å². The van der Waals surface area contributed by atoms with Gasteiger partial charge in [0.25, 0.3) is 0 Å². The highest BCUT2D eigenvalue weighted by molar-refractivity contribution is 7.15. The zero-order chi connectivity index (χ0) is 15.4. The Bertz CT molecular complexity index is 618. The van der Waals surface area contributed by atoms with Crippen molar-refractivity contribution in [1.82, 2.24) is 4.98 Å². The predicted octanol–water partition coefficient (Wildman–Crippen LogP) is 3.46. The van der Waals surface area contributed by atoms with Gasteiger partial charge in [-0.2, -0.15) is 0 Å². The summed E-state index contributed by atoms with van der Waals surface area (Å²) in [5, 5.41) is 9.91. The molecule has 0 aliphatic rings. The van der Waals surface area contributed by atoms with E-state index < -0.39 is 5.97 Å². The average molecular weight is 304 g/mol. The van der Waals surface area contributed by atoms with Crippen LogP contribution in [0, 0.1) is 0 Å². The molecule has 0 atom stereocenters. The molecule has 0 saturated heterocycles. The molecule has 0 aliphatic heterocycles. The number of carboxylic acids is 1. The van der Waals surface area contributed by atoms with E-state index in [-0.39, 0.29) is 6.42 Å². The maximum absolute atomic E-state index is 11.0. The number of rotatable bonds is 6. The lowest BCUT2D eigenvalue weighted by atomic mass is 10.2. The van der Waals surface area contributed by atoms with Crippen LogP contribution in [-0.4, -0.2) is 30.2 Å². The molecule has 2 rings (SSSR count). The molecule has 0 unspecified atom stereocenters. The summed E-state index contributed by atoms with van der Waals surface area (Å²) >= 11 is 1.49. The normalized spacial score (nSPS) is 10.6. The summed E-state index contributed by atoms with van der Waals surface area (Å²) in [6.07, 6.45) is 1.85. The Hall–Kier alpha value is -1.88. The van der Waals surface area contributed by atoms with E-state index in [4.69, 9.17) is 5.11 Å². The fourth-order valence-corrected chi connectivity index (χ4v) is 3.22. The standard InChI is InChI=1S/C16H20N2O2S/c1-4-5-13-14(10-15(19)20)21-16(17-13)11-6-8-12(9-7-11)18(2)3/h6-9H,4-5,10H2,1-3H3,(H,19,20). The number of hydrogen-bond acceptors (Lipinski definition) is 4. The summed E-state index contributed by atoms with van der Waals surface area (Å²) < 4.78 is 0. The SMILES string of the molecule is CCCc1nc(-c2ccc(N(C)C)cc2)sc1CC(=O)O. The Labute approximate surface area is 129 Å². The second kappa shape index (κ2) is 6.72. The van der Waals surface area contributed by atoms with Crippen molar-refractivity contribution in [3.8, 4) is 10.6 Å². The smallest absolute Gasteiger partial charge is 0.308 e. The van der Waals surface area contributed by atoms with Crippen molar-refractivity contribution in [2.45, 2.75) is 26.2 Å². The molecule has 0 fully saturated rings. The van der Waals surface area contributed by atoms with Gasteiger partial charge in [0.1, 0.15) is 5.01 Å². The monoisotopic (exact) mass is 304 g/mol. The number of aromatic nitrogens is 1. The minimum atomic E-state index is -0.800. The summed E-state index contributed by atoms with van der Waals surface area (Å²) in [4.78, 5) is 18.5. The van der Waals surface area contributed by atoms with Crippen LogP contribution in [-0.2, 0) is 17.6 Å². The van der Waals surface area contributed by atoms with E-state index in [9.17, 15) is 4.79 Å². The molecule has 0 radical (unpaired) electrons. The van der Waals surface area contributed by atoms with Crippen LogP contribution >= 0.6 is 11.3 Å². The van der Waals surface area contributed by atoms with E-state index in [0.29, 0.717) is 0 Å². The minimum Gasteiger partial charge on any atom is -0.481 e. The molecule has 1 aromatic heterocycles. The van der Waals surface area contributed by atoms with E-state index in [1.807, 2.05) is 43.3 Å². The number of anilines is 1. The number of hydrogen-bond donors (Lipinski definition) is 1. The number of aliphatic carboxylic acids is 1. The summed E-state index contributed by atoms with van der Waals surface area (Å²) in [5.41, 5.74) is 3.10. The number of carboxylic acid groups (broad SMARTS) is 1. The first-order valence-corrected chi connectivity index (χ1v) is 7.81. The Balaban J connectivity index is 2.32. The minimum absolute atomic E-state index is 0.0583. The molecule has 0 bridgehead atoms. The molecule has 2 aromatic rings. The molecule has 21 heavy (non-hydrogen) atoms. The Morgan fingerprint density at radius 1 is 1.29 bits per heavy atom. The quantitative estimate of drug-likeness (QED) is 0.888. The van der Waals surface area contributed by atoms with Crippen LogP contribution in [0.3, 0.4) is 0 Å².